The molecule has 6 nitrogen and oxygen atoms in total. The summed E-state index contributed by atoms with van der Waals surface area (Å²) in [5.41, 5.74) is 1.18. The van der Waals surface area contributed by atoms with Crippen LogP contribution in [0.25, 0.3) is 0 Å². The molecule has 0 amide bonds. The van der Waals surface area contributed by atoms with Gasteiger partial charge in [0.15, 0.2) is 0 Å². The number of aliphatic hydroxyl groups is 1. The fourth-order valence-electron chi connectivity index (χ4n) is 3.21. The van der Waals surface area contributed by atoms with Crippen molar-refractivity contribution in [2.75, 3.05) is 58.5 Å². The minimum absolute atomic E-state index is 0.280. The minimum Gasteiger partial charge on any atom is -0.497 e. The summed E-state index contributed by atoms with van der Waals surface area (Å²) >= 11 is 0. The van der Waals surface area contributed by atoms with Crippen LogP contribution in [0.4, 0.5) is 5.69 Å². The van der Waals surface area contributed by atoms with E-state index in [-0.39, 0.29) is 6.61 Å². The summed E-state index contributed by atoms with van der Waals surface area (Å²) < 4.78 is 16.1. The second-order valence-electron chi connectivity index (χ2n) is 6.63. The number of rotatable bonds is 8. The van der Waals surface area contributed by atoms with E-state index in [0.717, 1.165) is 43.4 Å². The van der Waals surface area contributed by atoms with Gasteiger partial charge >= 0.3 is 0 Å². The van der Waals surface area contributed by atoms with Crippen molar-refractivity contribution in [2.24, 2.45) is 0 Å². The Morgan fingerprint density at radius 2 is 1.56 bits per heavy atom. The summed E-state index contributed by atoms with van der Waals surface area (Å²) in [7, 11) is 3.32. The van der Waals surface area contributed by atoms with E-state index in [1.165, 1.54) is 5.69 Å². The zero-order valence-electron chi connectivity index (χ0n) is 16.0. The van der Waals surface area contributed by atoms with Crippen molar-refractivity contribution in [3.8, 4) is 17.2 Å². The van der Waals surface area contributed by atoms with Crippen LogP contribution in [-0.4, -0.2) is 69.7 Å². The van der Waals surface area contributed by atoms with Crippen LogP contribution in [0.15, 0.2) is 48.5 Å². The highest BCUT2D eigenvalue weighted by Gasteiger charge is 2.20. The maximum Gasteiger partial charge on any atom is 0.120 e. The number of nitrogens with zero attached hydrogens (tertiary/aromatic N) is 2. The van der Waals surface area contributed by atoms with Crippen LogP contribution in [0.2, 0.25) is 0 Å². The van der Waals surface area contributed by atoms with Crippen LogP contribution < -0.4 is 19.1 Å². The summed E-state index contributed by atoms with van der Waals surface area (Å²) in [6.07, 6.45) is -0.518. The number of hydrogen-bond donors (Lipinski definition) is 1. The average Bonchev–Trinajstić information content (AvgIpc) is 2.73. The maximum atomic E-state index is 10.3. The third-order valence-corrected chi connectivity index (χ3v) is 4.76. The minimum atomic E-state index is -0.518. The molecule has 1 heterocycles. The lowest BCUT2D eigenvalue weighted by atomic mass is 10.2. The highest BCUT2D eigenvalue weighted by atomic mass is 16.5. The Morgan fingerprint density at radius 3 is 2.22 bits per heavy atom. The Bertz CT molecular complexity index is 700. The smallest absolute Gasteiger partial charge is 0.120 e. The third kappa shape index (κ3) is 5.52. The average molecular weight is 372 g/mol. The SMILES string of the molecule is COc1ccc(OC[C@@H](O)CN2CCN(c3cccc(OC)c3)CC2)cc1. The molecule has 0 aromatic heterocycles. The fraction of sp³-hybridized carbons (Fsp3) is 0.429. The maximum absolute atomic E-state index is 10.3. The molecule has 6 heteroatoms. The molecule has 1 N–H and O–H groups in total. The lowest BCUT2D eigenvalue weighted by Crippen LogP contribution is -2.49. The first-order valence-electron chi connectivity index (χ1n) is 9.24. The molecule has 146 valence electrons. The summed E-state index contributed by atoms with van der Waals surface area (Å²) in [6, 6.07) is 15.5. The Hall–Kier alpha value is -2.44. The standard InChI is InChI=1S/C21H28N2O4/c1-25-19-6-8-20(9-7-19)27-16-18(24)15-22-10-12-23(13-11-22)17-4-3-5-21(14-17)26-2/h3-9,14,18,24H,10-13,15-16H2,1-2H3/t18-/m0/s1. The van der Waals surface area contributed by atoms with Crippen LogP contribution in [-0.2, 0) is 0 Å². The van der Waals surface area contributed by atoms with Crippen LogP contribution in [0.5, 0.6) is 17.2 Å². The second kappa shape index (κ2) is 9.48. The summed E-state index contributed by atoms with van der Waals surface area (Å²) in [5.74, 6) is 2.40. The predicted molar refractivity (Wildman–Crippen MR) is 106 cm³/mol. The molecule has 0 unspecified atom stereocenters. The van der Waals surface area contributed by atoms with Crippen molar-refractivity contribution in [1.29, 1.82) is 0 Å². The van der Waals surface area contributed by atoms with E-state index < -0.39 is 6.10 Å². The molecule has 0 bridgehead atoms. The number of aliphatic hydroxyl groups excluding tert-OH is 1. The van der Waals surface area contributed by atoms with Gasteiger partial charge in [-0.3, -0.25) is 4.90 Å². The Labute approximate surface area is 160 Å². The predicted octanol–water partition coefficient (Wildman–Crippen LogP) is 2.27. The Balaban J connectivity index is 1.41. The first kappa shape index (κ1) is 19.3. The van der Waals surface area contributed by atoms with Crippen molar-refractivity contribution in [1.82, 2.24) is 4.90 Å². The zero-order chi connectivity index (χ0) is 19.1. The van der Waals surface area contributed by atoms with Gasteiger partial charge in [-0.2, -0.15) is 0 Å². The Morgan fingerprint density at radius 1 is 0.889 bits per heavy atom. The van der Waals surface area contributed by atoms with E-state index in [9.17, 15) is 5.11 Å². The van der Waals surface area contributed by atoms with Gasteiger partial charge in [-0.25, -0.2) is 0 Å². The van der Waals surface area contributed by atoms with Gasteiger partial charge in [-0.1, -0.05) is 6.07 Å². The number of methoxy groups -OCH3 is 2. The molecule has 0 spiro atoms. The van der Waals surface area contributed by atoms with Crippen molar-refractivity contribution < 1.29 is 19.3 Å². The molecule has 27 heavy (non-hydrogen) atoms. The quantitative estimate of drug-likeness (QED) is 0.767. The van der Waals surface area contributed by atoms with Gasteiger partial charge in [0.2, 0.25) is 0 Å². The number of β-amino-alcohol motifs (C(OH)–C–C–N with tert-alkyl or cyclic N) is 1. The van der Waals surface area contributed by atoms with E-state index in [0.29, 0.717) is 6.54 Å². The largest absolute Gasteiger partial charge is 0.497 e. The molecule has 1 atom stereocenters. The Kier molecular flexibility index (Phi) is 6.79. The van der Waals surface area contributed by atoms with Crippen LogP contribution >= 0.6 is 0 Å². The van der Waals surface area contributed by atoms with Crippen molar-refractivity contribution in [3.63, 3.8) is 0 Å². The first-order chi connectivity index (χ1) is 13.2. The molecular formula is C21H28N2O4. The lowest BCUT2D eigenvalue weighted by molar-refractivity contribution is 0.0663. The van der Waals surface area contributed by atoms with Gasteiger partial charge in [0.05, 0.1) is 14.2 Å². The monoisotopic (exact) mass is 372 g/mol. The number of ether oxygens (including phenoxy) is 3. The first-order valence-corrected chi connectivity index (χ1v) is 9.24. The highest BCUT2D eigenvalue weighted by Crippen LogP contribution is 2.22. The van der Waals surface area contributed by atoms with Gasteiger partial charge in [0.25, 0.3) is 0 Å². The van der Waals surface area contributed by atoms with Crippen molar-refractivity contribution >= 4 is 5.69 Å². The van der Waals surface area contributed by atoms with E-state index in [2.05, 4.69) is 21.9 Å². The fourth-order valence-corrected chi connectivity index (χ4v) is 3.21. The summed E-state index contributed by atoms with van der Waals surface area (Å²) in [5, 5.41) is 10.3. The molecule has 3 rings (SSSR count). The van der Waals surface area contributed by atoms with E-state index in [4.69, 9.17) is 14.2 Å². The summed E-state index contributed by atoms with van der Waals surface area (Å²) in [4.78, 5) is 4.62. The van der Waals surface area contributed by atoms with Gasteiger partial charge in [0.1, 0.15) is 30.0 Å². The van der Waals surface area contributed by atoms with Crippen LogP contribution in [0, 0.1) is 0 Å². The topological polar surface area (TPSA) is 54.4 Å². The molecule has 1 aliphatic heterocycles. The molecule has 0 saturated carbocycles. The highest BCUT2D eigenvalue weighted by molar-refractivity contribution is 5.51. The van der Waals surface area contributed by atoms with Crippen LogP contribution in [0.1, 0.15) is 0 Å². The van der Waals surface area contributed by atoms with Gasteiger partial charge in [-0.15, -0.1) is 0 Å². The molecule has 1 aliphatic rings. The zero-order valence-corrected chi connectivity index (χ0v) is 16.0. The summed E-state index contributed by atoms with van der Waals surface area (Å²) in [6.45, 7) is 4.58. The van der Waals surface area contributed by atoms with Gasteiger partial charge < -0.3 is 24.2 Å². The molecule has 0 radical (unpaired) electrons. The number of piperazine rings is 1. The van der Waals surface area contributed by atoms with Crippen LogP contribution in [0.3, 0.4) is 0 Å². The van der Waals surface area contributed by atoms with Gasteiger partial charge in [0, 0.05) is 44.5 Å². The number of hydrogen-bond acceptors (Lipinski definition) is 6. The van der Waals surface area contributed by atoms with Crippen molar-refractivity contribution in [2.45, 2.75) is 6.10 Å². The molecule has 0 aliphatic carbocycles. The number of anilines is 1. The molecule has 1 fully saturated rings. The van der Waals surface area contributed by atoms with E-state index in [1.807, 2.05) is 36.4 Å². The second-order valence-corrected chi connectivity index (χ2v) is 6.63. The molecular weight excluding hydrogens is 344 g/mol. The van der Waals surface area contributed by atoms with E-state index >= 15 is 0 Å². The number of benzene rings is 2. The van der Waals surface area contributed by atoms with Crippen molar-refractivity contribution in [3.05, 3.63) is 48.5 Å². The normalized spacial score (nSPS) is 16.0. The molecule has 2 aromatic rings. The third-order valence-electron chi connectivity index (χ3n) is 4.76. The molecule has 1 saturated heterocycles. The lowest BCUT2D eigenvalue weighted by Gasteiger charge is -2.37. The van der Waals surface area contributed by atoms with E-state index in [1.54, 1.807) is 14.2 Å². The van der Waals surface area contributed by atoms with Gasteiger partial charge in [-0.05, 0) is 36.4 Å². The molecule has 2 aromatic carbocycles.